The van der Waals surface area contributed by atoms with E-state index in [9.17, 15) is 10.1 Å². The lowest BCUT2D eigenvalue weighted by Gasteiger charge is -2.24. The lowest BCUT2D eigenvalue weighted by Crippen LogP contribution is -3.09. The number of aryl methyl sites for hydroxylation is 2. The molecule has 1 amide bonds. The first-order chi connectivity index (χ1) is 10.3. The molecule has 0 bridgehead atoms. The number of hydrogen-bond acceptors (Lipinski definition) is 2. The van der Waals surface area contributed by atoms with Crippen LogP contribution in [0.3, 0.4) is 0 Å². The van der Waals surface area contributed by atoms with Crippen LogP contribution in [0.2, 0.25) is 0 Å². The van der Waals surface area contributed by atoms with Gasteiger partial charge in [0.15, 0.2) is 6.54 Å². The van der Waals surface area contributed by atoms with Gasteiger partial charge in [-0.25, -0.2) is 0 Å². The number of benzene rings is 1. The highest BCUT2D eigenvalue weighted by Crippen LogP contribution is 2.39. The van der Waals surface area contributed by atoms with Gasteiger partial charge in [0.1, 0.15) is 12.1 Å². The second-order valence-corrected chi connectivity index (χ2v) is 6.88. The van der Waals surface area contributed by atoms with E-state index in [4.69, 9.17) is 0 Å². The van der Waals surface area contributed by atoms with Crippen LogP contribution in [0.4, 0.5) is 0 Å². The van der Waals surface area contributed by atoms with E-state index >= 15 is 0 Å². The molecule has 4 nitrogen and oxygen atoms in total. The van der Waals surface area contributed by atoms with E-state index in [1.54, 1.807) is 0 Å². The number of likely N-dealkylation sites (N-methyl/N-ethyl adjacent to an activating group) is 1. The Labute approximate surface area is 133 Å². The van der Waals surface area contributed by atoms with Gasteiger partial charge in [-0.2, -0.15) is 5.26 Å². The number of amides is 1. The van der Waals surface area contributed by atoms with Crippen molar-refractivity contribution in [2.45, 2.75) is 45.7 Å². The second-order valence-electron chi connectivity index (χ2n) is 6.88. The highest BCUT2D eigenvalue weighted by atomic mass is 16.2. The number of carbonyl (C=O) groups is 1. The molecule has 0 saturated heterocycles. The molecule has 1 aliphatic rings. The van der Waals surface area contributed by atoms with Crippen molar-refractivity contribution in [3.63, 3.8) is 0 Å². The minimum absolute atomic E-state index is 0.0433. The van der Waals surface area contributed by atoms with Crippen LogP contribution in [0, 0.1) is 31.1 Å². The average Bonchev–Trinajstić information content (AvgIpc) is 3.26. The Kier molecular flexibility index (Phi) is 4.87. The number of nitrogens with zero attached hydrogens (tertiary/aromatic N) is 1. The Hall–Kier alpha value is -1.86. The monoisotopic (exact) mass is 300 g/mol. The molecular formula is C18H26N3O+. The highest BCUT2D eigenvalue weighted by Gasteiger charge is 2.43. The summed E-state index contributed by atoms with van der Waals surface area (Å²) in [4.78, 5) is 13.3. The van der Waals surface area contributed by atoms with Crippen molar-refractivity contribution in [2.75, 3.05) is 13.6 Å². The Morgan fingerprint density at radius 2 is 2.14 bits per heavy atom. The zero-order chi connectivity index (χ0) is 16.3. The Morgan fingerprint density at radius 3 is 2.68 bits per heavy atom. The van der Waals surface area contributed by atoms with Gasteiger partial charge in [-0.1, -0.05) is 23.8 Å². The third-order valence-electron chi connectivity index (χ3n) is 4.48. The standard InChI is InChI=1S/C18H25N3O/c1-13-5-6-15(14(2)9-13)10-21(4)11-17(22)20-18(3,12-19)16-7-8-16/h5-6,9,16H,7-8,10-11H2,1-4H3,(H,20,22)/p+1/t18-/m0/s1. The zero-order valence-corrected chi connectivity index (χ0v) is 14.0. The van der Waals surface area contributed by atoms with E-state index in [1.165, 1.54) is 16.7 Å². The van der Waals surface area contributed by atoms with Crippen molar-refractivity contribution in [1.29, 1.82) is 5.26 Å². The summed E-state index contributed by atoms with van der Waals surface area (Å²) < 4.78 is 0. The number of nitriles is 1. The Balaban J connectivity index is 1.90. The largest absolute Gasteiger partial charge is 0.333 e. The summed E-state index contributed by atoms with van der Waals surface area (Å²) in [5.41, 5.74) is 3.09. The normalized spacial score (nSPS) is 18.1. The fourth-order valence-electron chi connectivity index (χ4n) is 2.92. The van der Waals surface area contributed by atoms with Gasteiger partial charge in [0.05, 0.1) is 13.1 Å². The van der Waals surface area contributed by atoms with Gasteiger partial charge in [0.2, 0.25) is 0 Å². The van der Waals surface area contributed by atoms with Gasteiger partial charge in [-0.3, -0.25) is 4.79 Å². The van der Waals surface area contributed by atoms with Crippen molar-refractivity contribution < 1.29 is 9.69 Å². The van der Waals surface area contributed by atoms with Gasteiger partial charge >= 0.3 is 0 Å². The van der Waals surface area contributed by atoms with E-state index in [-0.39, 0.29) is 5.91 Å². The minimum Gasteiger partial charge on any atom is -0.333 e. The van der Waals surface area contributed by atoms with E-state index in [2.05, 4.69) is 43.4 Å². The summed E-state index contributed by atoms with van der Waals surface area (Å²) in [6.45, 7) is 7.22. The molecule has 2 rings (SSSR count). The zero-order valence-electron chi connectivity index (χ0n) is 14.0. The van der Waals surface area contributed by atoms with E-state index < -0.39 is 5.54 Å². The highest BCUT2D eigenvalue weighted by molar-refractivity contribution is 5.78. The van der Waals surface area contributed by atoms with Crippen molar-refractivity contribution in [2.24, 2.45) is 5.92 Å². The molecule has 0 spiro atoms. The van der Waals surface area contributed by atoms with Gasteiger partial charge in [0, 0.05) is 5.56 Å². The van der Waals surface area contributed by atoms with Crippen LogP contribution in [0.5, 0.6) is 0 Å². The molecule has 118 valence electrons. The smallest absolute Gasteiger partial charge is 0.276 e. The molecular weight excluding hydrogens is 274 g/mol. The second kappa shape index (κ2) is 6.50. The van der Waals surface area contributed by atoms with Crippen molar-refractivity contribution >= 4 is 5.91 Å². The lowest BCUT2D eigenvalue weighted by molar-refractivity contribution is -0.885. The van der Waals surface area contributed by atoms with Gasteiger partial charge in [-0.15, -0.1) is 0 Å². The molecule has 1 unspecified atom stereocenters. The molecule has 1 aliphatic carbocycles. The summed E-state index contributed by atoms with van der Waals surface area (Å²) in [5.74, 6) is 0.277. The first kappa shape index (κ1) is 16.5. The fraction of sp³-hybridized carbons (Fsp3) is 0.556. The van der Waals surface area contributed by atoms with Crippen LogP contribution in [-0.2, 0) is 11.3 Å². The summed E-state index contributed by atoms with van der Waals surface area (Å²) in [7, 11) is 2.01. The number of nitrogens with one attached hydrogen (secondary N) is 2. The maximum Gasteiger partial charge on any atom is 0.276 e. The predicted octanol–water partition coefficient (Wildman–Crippen LogP) is 1.13. The van der Waals surface area contributed by atoms with Gasteiger partial charge in [0.25, 0.3) is 5.91 Å². The molecule has 22 heavy (non-hydrogen) atoms. The van der Waals surface area contributed by atoms with Crippen LogP contribution in [-0.4, -0.2) is 25.0 Å². The van der Waals surface area contributed by atoms with Crippen molar-refractivity contribution in [1.82, 2.24) is 5.32 Å². The molecule has 2 N–H and O–H groups in total. The molecule has 0 radical (unpaired) electrons. The maximum absolute atomic E-state index is 12.2. The summed E-state index contributed by atoms with van der Waals surface area (Å²) in [6, 6.07) is 8.68. The SMILES string of the molecule is Cc1ccc(C[NH+](C)CC(=O)N[C@@](C)(C#N)C2CC2)c(C)c1. The van der Waals surface area contributed by atoms with Crippen LogP contribution in [0.25, 0.3) is 0 Å². The first-order valence-electron chi connectivity index (χ1n) is 7.94. The summed E-state index contributed by atoms with van der Waals surface area (Å²) in [6.07, 6.45) is 2.07. The third kappa shape index (κ3) is 4.08. The molecule has 1 saturated carbocycles. The van der Waals surface area contributed by atoms with Gasteiger partial charge < -0.3 is 10.2 Å². The molecule has 1 aromatic rings. The molecule has 0 heterocycles. The molecule has 0 aromatic heterocycles. The molecule has 1 fully saturated rings. The quantitative estimate of drug-likeness (QED) is 0.827. The number of hydrogen-bond donors (Lipinski definition) is 2. The predicted molar refractivity (Wildman–Crippen MR) is 86.3 cm³/mol. The number of rotatable bonds is 6. The Morgan fingerprint density at radius 1 is 1.45 bits per heavy atom. The third-order valence-corrected chi connectivity index (χ3v) is 4.48. The van der Waals surface area contributed by atoms with Crippen LogP contribution in [0.1, 0.15) is 36.5 Å². The molecule has 2 atom stereocenters. The van der Waals surface area contributed by atoms with Crippen molar-refractivity contribution in [3.05, 3.63) is 34.9 Å². The van der Waals surface area contributed by atoms with E-state index in [0.717, 1.165) is 24.3 Å². The van der Waals surface area contributed by atoms with Crippen molar-refractivity contribution in [3.8, 4) is 6.07 Å². The Bertz CT molecular complexity index is 601. The maximum atomic E-state index is 12.2. The molecule has 0 aliphatic heterocycles. The lowest BCUT2D eigenvalue weighted by atomic mass is 9.98. The first-order valence-corrected chi connectivity index (χ1v) is 7.94. The number of carbonyl (C=O) groups excluding carboxylic acids is 1. The topological polar surface area (TPSA) is 57.3 Å². The minimum atomic E-state index is -0.697. The summed E-state index contributed by atoms with van der Waals surface area (Å²) in [5, 5.41) is 12.2. The summed E-state index contributed by atoms with van der Waals surface area (Å²) >= 11 is 0. The van der Waals surface area contributed by atoms with Crippen LogP contribution in [0.15, 0.2) is 18.2 Å². The molecule has 1 aromatic carbocycles. The number of quaternary nitrogens is 1. The average molecular weight is 300 g/mol. The van der Waals surface area contributed by atoms with Crippen LogP contribution < -0.4 is 10.2 Å². The van der Waals surface area contributed by atoms with E-state index in [1.807, 2.05) is 14.0 Å². The van der Waals surface area contributed by atoms with Crippen LogP contribution >= 0.6 is 0 Å². The fourth-order valence-corrected chi connectivity index (χ4v) is 2.92. The van der Waals surface area contributed by atoms with E-state index in [0.29, 0.717) is 12.5 Å². The van der Waals surface area contributed by atoms with Gasteiger partial charge in [-0.05, 0) is 45.1 Å². The molecule has 4 heteroatoms.